The maximum absolute atomic E-state index is 12.5. The summed E-state index contributed by atoms with van der Waals surface area (Å²) < 4.78 is 2.30. The lowest BCUT2D eigenvalue weighted by Crippen LogP contribution is -2.51. The first kappa shape index (κ1) is 18.7. The third kappa shape index (κ3) is 3.80. The summed E-state index contributed by atoms with van der Waals surface area (Å²) >= 11 is 3.43. The number of nitrogens with one attached hydrogen (secondary N) is 1. The van der Waals surface area contributed by atoms with E-state index in [-0.39, 0.29) is 30.0 Å². The highest BCUT2D eigenvalue weighted by Crippen LogP contribution is 2.22. The molecular formula is C21H20BrN3O3. The SMILES string of the molecule is O=C(CCn1[nH]c(=O)c2ccccc2c1=O)N1CC(Cc2ccc(Br)cc2)C1. The fourth-order valence-electron chi connectivity index (χ4n) is 3.63. The number of aromatic amines is 1. The third-order valence-electron chi connectivity index (χ3n) is 5.18. The van der Waals surface area contributed by atoms with Gasteiger partial charge in [0.2, 0.25) is 5.91 Å². The summed E-state index contributed by atoms with van der Waals surface area (Å²) in [4.78, 5) is 38.8. The van der Waals surface area contributed by atoms with Crippen LogP contribution in [0.15, 0.2) is 62.6 Å². The molecule has 2 heterocycles. The van der Waals surface area contributed by atoms with E-state index >= 15 is 0 Å². The molecule has 1 N–H and O–H groups in total. The van der Waals surface area contributed by atoms with Crippen LogP contribution in [0.2, 0.25) is 0 Å². The molecule has 0 bridgehead atoms. The molecule has 28 heavy (non-hydrogen) atoms. The minimum atomic E-state index is -0.318. The van der Waals surface area contributed by atoms with Gasteiger partial charge in [-0.15, -0.1) is 0 Å². The molecule has 144 valence electrons. The highest BCUT2D eigenvalue weighted by Gasteiger charge is 2.30. The third-order valence-corrected chi connectivity index (χ3v) is 5.71. The second kappa shape index (κ2) is 7.75. The maximum atomic E-state index is 12.5. The predicted octanol–water partition coefficient (Wildman–Crippen LogP) is 2.54. The monoisotopic (exact) mass is 441 g/mol. The Balaban J connectivity index is 1.34. The molecule has 0 spiro atoms. The number of benzene rings is 2. The Labute approximate surface area is 169 Å². The van der Waals surface area contributed by atoms with Crippen LogP contribution in [0.3, 0.4) is 0 Å². The zero-order chi connectivity index (χ0) is 19.7. The van der Waals surface area contributed by atoms with E-state index in [2.05, 4.69) is 33.2 Å². The molecule has 0 atom stereocenters. The van der Waals surface area contributed by atoms with Crippen LogP contribution in [0.1, 0.15) is 12.0 Å². The van der Waals surface area contributed by atoms with Gasteiger partial charge in [-0.25, -0.2) is 4.68 Å². The number of fused-ring (bicyclic) bond motifs is 1. The molecule has 1 fully saturated rings. The second-order valence-electron chi connectivity index (χ2n) is 7.19. The first-order valence-electron chi connectivity index (χ1n) is 9.25. The van der Waals surface area contributed by atoms with Crippen LogP contribution < -0.4 is 11.1 Å². The Kier molecular flexibility index (Phi) is 5.17. The molecule has 3 aromatic rings. The van der Waals surface area contributed by atoms with Crippen molar-refractivity contribution >= 4 is 32.6 Å². The van der Waals surface area contributed by atoms with Gasteiger partial charge in [-0.3, -0.25) is 19.5 Å². The van der Waals surface area contributed by atoms with Crippen molar-refractivity contribution < 1.29 is 4.79 Å². The standard InChI is InChI=1S/C21H20BrN3O3/c22-16-7-5-14(6-8-16)11-15-12-24(13-15)19(26)9-10-25-21(28)18-4-2-1-3-17(18)20(27)23-25/h1-8,15H,9-13H2,(H,23,27). The number of aromatic nitrogens is 2. The number of halogens is 1. The predicted molar refractivity (Wildman–Crippen MR) is 111 cm³/mol. The summed E-state index contributed by atoms with van der Waals surface area (Å²) in [6.45, 7) is 1.64. The summed E-state index contributed by atoms with van der Waals surface area (Å²) in [6, 6.07) is 14.9. The molecule has 1 aromatic heterocycles. The van der Waals surface area contributed by atoms with Gasteiger partial charge in [-0.1, -0.05) is 40.2 Å². The van der Waals surface area contributed by atoms with Crippen LogP contribution in [0, 0.1) is 5.92 Å². The van der Waals surface area contributed by atoms with Crippen LogP contribution >= 0.6 is 15.9 Å². The zero-order valence-corrected chi connectivity index (χ0v) is 16.8. The molecule has 0 saturated carbocycles. The molecular weight excluding hydrogens is 422 g/mol. The number of amides is 1. The first-order valence-corrected chi connectivity index (χ1v) is 10.0. The first-order chi connectivity index (χ1) is 13.5. The average molecular weight is 442 g/mol. The fourth-order valence-corrected chi connectivity index (χ4v) is 3.89. The highest BCUT2D eigenvalue weighted by atomic mass is 79.9. The number of hydrogen-bond donors (Lipinski definition) is 1. The smallest absolute Gasteiger partial charge is 0.273 e. The molecule has 1 saturated heterocycles. The van der Waals surface area contributed by atoms with E-state index in [9.17, 15) is 14.4 Å². The van der Waals surface area contributed by atoms with E-state index in [1.54, 1.807) is 24.3 Å². The van der Waals surface area contributed by atoms with Crippen molar-refractivity contribution in [3.63, 3.8) is 0 Å². The van der Waals surface area contributed by atoms with Crippen molar-refractivity contribution in [2.75, 3.05) is 13.1 Å². The number of hydrogen-bond acceptors (Lipinski definition) is 3. The Morgan fingerprint density at radius 1 is 1.04 bits per heavy atom. The molecule has 2 aromatic carbocycles. The number of carbonyl (C=O) groups excluding carboxylic acids is 1. The number of aryl methyl sites for hydroxylation is 1. The minimum absolute atomic E-state index is 0.00737. The second-order valence-corrected chi connectivity index (χ2v) is 8.10. The molecule has 1 amide bonds. The van der Waals surface area contributed by atoms with E-state index in [0.29, 0.717) is 16.7 Å². The Bertz CT molecular complexity index is 1130. The summed E-state index contributed by atoms with van der Waals surface area (Å²) in [5, 5.41) is 3.31. The van der Waals surface area contributed by atoms with Gasteiger partial charge in [0, 0.05) is 24.0 Å². The molecule has 4 rings (SSSR count). The number of carbonyl (C=O) groups is 1. The van der Waals surface area contributed by atoms with Crippen molar-refractivity contribution in [1.82, 2.24) is 14.7 Å². The van der Waals surface area contributed by atoms with Crippen molar-refractivity contribution in [2.45, 2.75) is 19.4 Å². The lowest BCUT2D eigenvalue weighted by atomic mass is 9.92. The van der Waals surface area contributed by atoms with Crippen molar-refractivity contribution in [1.29, 1.82) is 0 Å². The summed E-state index contributed by atoms with van der Waals surface area (Å²) in [7, 11) is 0. The van der Waals surface area contributed by atoms with Gasteiger partial charge in [0.05, 0.1) is 17.3 Å². The van der Waals surface area contributed by atoms with Gasteiger partial charge >= 0.3 is 0 Å². The van der Waals surface area contributed by atoms with E-state index in [1.165, 1.54) is 10.2 Å². The quantitative estimate of drug-likeness (QED) is 0.660. The molecule has 1 aliphatic heterocycles. The molecule has 0 unspecified atom stereocenters. The summed E-state index contributed by atoms with van der Waals surface area (Å²) in [5.41, 5.74) is 0.668. The largest absolute Gasteiger partial charge is 0.342 e. The topological polar surface area (TPSA) is 75.2 Å². The van der Waals surface area contributed by atoms with Crippen LogP contribution in [-0.4, -0.2) is 33.7 Å². The Hall–Kier alpha value is -2.67. The molecule has 0 aliphatic carbocycles. The summed E-state index contributed by atoms with van der Waals surface area (Å²) in [6.07, 6.45) is 1.15. The Morgan fingerprint density at radius 3 is 2.43 bits per heavy atom. The van der Waals surface area contributed by atoms with Crippen LogP contribution in [0.4, 0.5) is 0 Å². The average Bonchev–Trinajstić information content (AvgIpc) is 2.67. The maximum Gasteiger partial charge on any atom is 0.273 e. The molecule has 1 aliphatic rings. The number of H-pyrrole nitrogens is 1. The van der Waals surface area contributed by atoms with Gasteiger partial charge in [0.25, 0.3) is 11.1 Å². The number of likely N-dealkylation sites (tertiary alicyclic amines) is 1. The van der Waals surface area contributed by atoms with E-state index in [0.717, 1.165) is 24.0 Å². The van der Waals surface area contributed by atoms with Crippen LogP contribution in [0.5, 0.6) is 0 Å². The molecule has 6 nitrogen and oxygen atoms in total. The molecule has 7 heteroatoms. The van der Waals surface area contributed by atoms with Crippen LogP contribution in [0.25, 0.3) is 10.8 Å². The normalized spacial score (nSPS) is 14.2. The van der Waals surface area contributed by atoms with Crippen molar-refractivity contribution in [2.24, 2.45) is 5.92 Å². The van der Waals surface area contributed by atoms with E-state index in [4.69, 9.17) is 0 Å². The molecule has 0 radical (unpaired) electrons. The zero-order valence-electron chi connectivity index (χ0n) is 15.2. The van der Waals surface area contributed by atoms with Gasteiger partial charge in [0.15, 0.2) is 0 Å². The van der Waals surface area contributed by atoms with Crippen molar-refractivity contribution in [3.05, 3.63) is 79.3 Å². The van der Waals surface area contributed by atoms with E-state index < -0.39 is 0 Å². The van der Waals surface area contributed by atoms with Gasteiger partial charge < -0.3 is 4.90 Å². The summed E-state index contributed by atoms with van der Waals surface area (Å²) in [5.74, 6) is 0.473. The highest BCUT2D eigenvalue weighted by molar-refractivity contribution is 9.10. The van der Waals surface area contributed by atoms with Gasteiger partial charge in [-0.2, -0.15) is 0 Å². The van der Waals surface area contributed by atoms with E-state index in [1.807, 2.05) is 17.0 Å². The van der Waals surface area contributed by atoms with Gasteiger partial charge in [-0.05, 0) is 42.2 Å². The fraction of sp³-hybridized carbons (Fsp3) is 0.286. The lowest BCUT2D eigenvalue weighted by Gasteiger charge is -2.39. The number of nitrogens with zero attached hydrogens (tertiary/aromatic N) is 2. The van der Waals surface area contributed by atoms with Crippen LogP contribution in [-0.2, 0) is 17.8 Å². The van der Waals surface area contributed by atoms with Crippen molar-refractivity contribution in [3.8, 4) is 0 Å². The van der Waals surface area contributed by atoms with Gasteiger partial charge in [0.1, 0.15) is 0 Å². The number of rotatable bonds is 5. The Morgan fingerprint density at radius 2 is 1.71 bits per heavy atom. The lowest BCUT2D eigenvalue weighted by molar-refractivity contribution is -0.137. The minimum Gasteiger partial charge on any atom is -0.342 e.